The van der Waals surface area contributed by atoms with Gasteiger partial charge in [0.25, 0.3) is 0 Å². The van der Waals surface area contributed by atoms with Crippen LogP contribution in [0.5, 0.6) is 0 Å². The summed E-state index contributed by atoms with van der Waals surface area (Å²) in [5, 5.41) is 1.42. The Hall–Kier alpha value is -1.35. The summed E-state index contributed by atoms with van der Waals surface area (Å²) in [4.78, 5) is 13.8. The van der Waals surface area contributed by atoms with Gasteiger partial charge < -0.3 is 4.79 Å². The van der Waals surface area contributed by atoms with E-state index in [0.717, 1.165) is 41.0 Å². The second-order valence-corrected chi connectivity index (χ2v) is 6.46. The Kier molecular flexibility index (Phi) is 4.53. The molecule has 0 saturated carbocycles. The lowest BCUT2D eigenvalue weighted by Gasteiger charge is -2.20. The van der Waals surface area contributed by atoms with Crippen LogP contribution >= 0.6 is 23.2 Å². The Labute approximate surface area is 140 Å². The van der Waals surface area contributed by atoms with Crippen LogP contribution in [0, 0.1) is 0 Å². The second kappa shape index (κ2) is 6.41. The van der Waals surface area contributed by atoms with Crippen LogP contribution in [0.15, 0.2) is 36.4 Å². The number of hydrogen-bond donors (Lipinski definition) is 0. The van der Waals surface area contributed by atoms with Crippen molar-refractivity contribution in [2.24, 2.45) is 0 Å². The maximum Gasteiger partial charge on any atom is 0.141 e. The third-order valence-electron chi connectivity index (χ3n) is 4.17. The van der Waals surface area contributed by atoms with E-state index in [1.165, 1.54) is 5.56 Å². The van der Waals surface area contributed by atoms with Crippen LogP contribution in [-0.2, 0) is 24.3 Å². The number of halogens is 2. The van der Waals surface area contributed by atoms with Gasteiger partial charge in [0.15, 0.2) is 0 Å². The molecule has 22 heavy (non-hydrogen) atoms. The molecule has 0 N–H and O–H groups in total. The standard InChI is InChI=1S/C18H17Cl2NO/c1-2-12-7-14-10-21(9-13-3-5-15(19)6-4-13)17(11-22)18(14)16(20)8-12/h3-8,11,17H,2,9-10H2,1H3. The van der Waals surface area contributed by atoms with Gasteiger partial charge >= 0.3 is 0 Å². The first-order valence-electron chi connectivity index (χ1n) is 7.37. The Morgan fingerprint density at radius 2 is 1.91 bits per heavy atom. The molecule has 114 valence electrons. The predicted molar refractivity (Wildman–Crippen MR) is 90.3 cm³/mol. The smallest absolute Gasteiger partial charge is 0.141 e. The Morgan fingerprint density at radius 1 is 1.18 bits per heavy atom. The van der Waals surface area contributed by atoms with Crippen molar-refractivity contribution in [3.63, 3.8) is 0 Å². The van der Waals surface area contributed by atoms with E-state index in [0.29, 0.717) is 11.6 Å². The number of fused-ring (bicyclic) bond motifs is 1. The lowest BCUT2D eigenvalue weighted by atomic mass is 10.0. The molecule has 4 heteroatoms. The highest BCUT2D eigenvalue weighted by molar-refractivity contribution is 6.31. The predicted octanol–water partition coefficient (Wildman–Crippen LogP) is 4.81. The van der Waals surface area contributed by atoms with Gasteiger partial charge in [0.2, 0.25) is 0 Å². The van der Waals surface area contributed by atoms with Crippen molar-refractivity contribution in [2.75, 3.05) is 0 Å². The topological polar surface area (TPSA) is 20.3 Å². The number of benzene rings is 2. The third-order valence-corrected chi connectivity index (χ3v) is 4.74. The summed E-state index contributed by atoms with van der Waals surface area (Å²) in [6.45, 7) is 3.55. The molecule has 0 aliphatic carbocycles. The zero-order valence-corrected chi connectivity index (χ0v) is 13.9. The molecule has 0 fully saturated rings. The average molecular weight is 334 g/mol. The molecule has 0 bridgehead atoms. The Balaban J connectivity index is 1.90. The van der Waals surface area contributed by atoms with Gasteiger partial charge in [-0.3, -0.25) is 4.90 Å². The van der Waals surface area contributed by atoms with Crippen molar-refractivity contribution in [2.45, 2.75) is 32.5 Å². The highest BCUT2D eigenvalue weighted by Crippen LogP contribution is 2.39. The molecule has 1 atom stereocenters. The number of aryl methyl sites for hydroxylation is 1. The van der Waals surface area contributed by atoms with Crippen molar-refractivity contribution in [1.29, 1.82) is 0 Å². The van der Waals surface area contributed by atoms with Crippen molar-refractivity contribution >= 4 is 29.5 Å². The van der Waals surface area contributed by atoms with Gasteiger partial charge in [-0.2, -0.15) is 0 Å². The zero-order chi connectivity index (χ0) is 15.7. The van der Waals surface area contributed by atoms with Crippen molar-refractivity contribution in [1.82, 2.24) is 4.90 Å². The second-order valence-electron chi connectivity index (χ2n) is 5.62. The molecule has 0 saturated heterocycles. The number of nitrogens with zero attached hydrogens (tertiary/aromatic N) is 1. The molecular weight excluding hydrogens is 317 g/mol. The fourth-order valence-corrected chi connectivity index (χ4v) is 3.53. The summed E-state index contributed by atoms with van der Waals surface area (Å²) in [6.07, 6.45) is 1.93. The van der Waals surface area contributed by atoms with Crippen molar-refractivity contribution in [3.05, 3.63) is 68.7 Å². The minimum atomic E-state index is -0.274. The van der Waals surface area contributed by atoms with Crippen LogP contribution in [-0.4, -0.2) is 11.2 Å². The van der Waals surface area contributed by atoms with E-state index >= 15 is 0 Å². The SMILES string of the molecule is CCc1cc(Cl)c2c(c1)CN(Cc1ccc(Cl)cc1)C2C=O. The number of hydrogen-bond acceptors (Lipinski definition) is 2. The van der Waals surface area contributed by atoms with Gasteiger partial charge in [-0.1, -0.05) is 48.3 Å². The third kappa shape index (κ3) is 2.91. The van der Waals surface area contributed by atoms with E-state index in [9.17, 15) is 4.79 Å². The number of aldehydes is 1. The molecule has 0 amide bonds. The van der Waals surface area contributed by atoms with E-state index in [4.69, 9.17) is 23.2 Å². The molecule has 2 nitrogen and oxygen atoms in total. The normalized spacial score (nSPS) is 17.5. The summed E-state index contributed by atoms with van der Waals surface area (Å²) in [7, 11) is 0. The van der Waals surface area contributed by atoms with Gasteiger partial charge in [0.1, 0.15) is 6.29 Å². The van der Waals surface area contributed by atoms with Crippen LogP contribution in [0.25, 0.3) is 0 Å². The summed E-state index contributed by atoms with van der Waals surface area (Å²) < 4.78 is 0. The lowest BCUT2D eigenvalue weighted by molar-refractivity contribution is -0.112. The van der Waals surface area contributed by atoms with Gasteiger partial charge in [0.05, 0.1) is 6.04 Å². The molecule has 0 spiro atoms. The number of carbonyl (C=O) groups is 1. The minimum Gasteiger partial charge on any atom is -0.301 e. The van der Waals surface area contributed by atoms with Crippen molar-refractivity contribution < 1.29 is 4.79 Å². The zero-order valence-electron chi connectivity index (χ0n) is 12.4. The summed E-state index contributed by atoms with van der Waals surface area (Å²) >= 11 is 12.3. The molecule has 1 unspecified atom stereocenters. The van der Waals surface area contributed by atoms with Crippen LogP contribution < -0.4 is 0 Å². The van der Waals surface area contributed by atoms with E-state index < -0.39 is 0 Å². The van der Waals surface area contributed by atoms with Crippen LogP contribution in [0.1, 0.15) is 35.2 Å². The molecule has 2 aromatic rings. The van der Waals surface area contributed by atoms with Crippen LogP contribution in [0.4, 0.5) is 0 Å². The molecule has 0 radical (unpaired) electrons. The monoisotopic (exact) mass is 333 g/mol. The minimum absolute atomic E-state index is 0.274. The Bertz CT molecular complexity index is 697. The first-order chi connectivity index (χ1) is 10.6. The van der Waals surface area contributed by atoms with Gasteiger partial charge in [0, 0.05) is 23.1 Å². The first-order valence-corrected chi connectivity index (χ1v) is 8.13. The largest absolute Gasteiger partial charge is 0.301 e. The number of carbonyl (C=O) groups excluding carboxylic acids is 1. The van der Waals surface area contributed by atoms with E-state index in [2.05, 4.69) is 17.9 Å². The summed E-state index contributed by atoms with van der Waals surface area (Å²) in [5.74, 6) is 0. The molecule has 1 aliphatic heterocycles. The van der Waals surface area contributed by atoms with Gasteiger partial charge in [-0.25, -0.2) is 0 Å². The first kappa shape index (κ1) is 15.5. The van der Waals surface area contributed by atoms with Crippen LogP contribution in [0.2, 0.25) is 10.0 Å². The molecule has 1 heterocycles. The maximum atomic E-state index is 11.6. The van der Waals surface area contributed by atoms with E-state index in [1.54, 1.807) is 0 Å². The van der Waals surface area contributed by atoms with Crippen molar-refractivity contribution in [3.8, 4) is 0 Å². The summed E-state index contributed by atoms with van der Waals surface area (Å²) in [5.41, 5.74) is 4.47. The molecule has 0 aromatic heterocycles. The molecular formula is C18H17Cl2NO. The highest BCUT2D eigenvalue weighted by atomic mass is 35.5. The molecule has 2 aromatic carbocycles. The van der Waals surface area contributed by atoms with E-state index in [1.807, 2.05) is 30.3 Å². The molecule has 3 rings (SSSR count). The quantitative estimate of drug-likeness (QED) is 0.748. The summed E-state index contributed by atoms with van der Waals surface area (Å²) in [6, 6.07) is 11.6. The number of rotatable bonds is 4. The van der Waals surface area contributed by atoms with Crippen LogP contribution in [0.3, 0.4) is 0 Å². The maximum absolute atomic E-state index is 11.6. The fourth-order valence-electron chi connectivity index (χ4n) is 3.04. The van der Waals surface area contributed by atoms with E-state index in [-0.39, 0.29) is 6.04 Å². The molecule has 1 aliphatic rings. The lowest BCUT2D eigenvalue weighted by Crippen LogP contribution is -2.22. The van der Waals surface area contributed by atoms with Gasteiger partial charge in [-0.05, 0) is 46.9 Å². The fraction of sp³-hybridized carbons (Fsp3) is 0.278. The Morgan fingerprint density at radius 3 is 2.55 bits per heavy atom. The van der Waals surface area contributed by atoms with Gasteiger partial charge in [-0.15, -0.1) is 0 Å². The average Bonchev–Trinajstić information content (AvgIpc) is 2.87. The highest BCUT2D eigenvalue weighted by Gasteiger charge is 2.32.